The average Bonchev–Trinajstić information content (AvgIpc) is 2.75. The summed E-state index contributed by atoms with van der Waals surface area (Å²) in [5.74, 6) is 4.75. The highest BCUT2D eigenvalue weighted by atomic mass is 16.2. The van der Waals surface area contributed by atoms with E-state index in [9.17, 15) is 9.59 Å². The lowest BCUT2D eigenvalue weighted by Gasteiger charge is -2.17. The van der Waals surface area contributed by atoms with Gasteiger partial charge in [-0.05, 0) is 31.7 Å². The van der Waals surface area contributed by atoms with E-state index in [0.29, 0.717) is 0 Å². The van der Waals surface area contributed by atoms with Crippen LogP contribution in [0.2, 0.25) is 0 Å². The van der Waals surface area contributed by atoms with E-state index in [1.165, 1.54) is 6.07 Å². The maximum Gasteiger partial charge on any atom is 0.256 e. The highest BCUT2D eigenvalue weighted by molar-refractivity contribution is 5.79. The van der Waals surface area contributed by atoms with Gasteiger partial charge >= 0.3 is 0 Å². The second-order valence-corrected chi connectivity index (χ2v) is 4.05. The Kier molecular flexibility index (Phi) is 2.78. The van der Waals surface area contributed by atoms with Crippen LogP contribution in [-0.2, 0) is 17.6 Å². The van der Waals surface area contributed by atoms with Gasteiger partial charge in [-0.3, -0.25) is 15.0 Å². The van der Waals surface area contributed by atoms with E-state index in [1.807, 2.05) is 6.07 Å². The fourth-order valence-electron chi connectivity index (χ4n) is 2.25. The number of pyridine rings is 1. The fourth-order valence-corrected chi connectivity index (χ4v) is 2.25. The predicted molar refractivity (Wildman–Crippen MR) is 59.8 cm³/mol. The van der Waals surface area contributed by atoms with Crippen molar-refractivity contribution in [2.24, 2.45) is 5.84 Å². The van der Waals surface area contributed by atoms with Crippen LogP contribution in [0.4, 0.5) is 0 Å². The Labute approximate surface area is 93.2 Å². The van der Waals surface area contributed by atoms with Crippen molar-refractivity contribution in [3.05, 3.63) is 33.7 Å². The molecule has 0 bridgehead atoms. The molecule has 0 aromatic carbocycles. The van der Waals surface area contributed by atoms with Crippen molar-refractivity contribution in [2.45, 2.75) is 32.2 Å². The Hall–Kier alpha value is -1.62. The van der Waals surface area contributed by atoms with Crippen molar-refractivity contribution in [3.63, 3.8) is 0 Å². The van der Waals surface area contributed by atoms with Crippen LogP contribution in [0.1, 0.15) is 30.6 Å². The summed E-state index contributed by atoms with van der Waals surface area (Å²) in [7, 11) is 0. The molecule has 5 heteroatoms. The predicted octanol–water partition coefficient (Wildman–Crippen LogP) is -0.112. The topological polar surface area (TPSA) is 77.1 Å². The number of nitrogens with zero attached hydrogens (tertiary/aromatic N) is 1. The maximum atomic E-state index is 11.8. The van der Waals surface area contributed by atoms with Gasteiger partial charge in [-0.25, -0.2) is 5.84 Å². The van der Waals surface area contributed by atoms with Gasteiger partial charge in [0, 0.05) is 11.8 Å². The first-order valence-electron chi connectivity index (χ1n) is 5.39. The number of nitrogens with two attached hydrogens (primary N) is 1. The number of carbonyl (C=O) groups is 1. The lowest BCUT2D eigenvalue weighted by molar-refractivity contribution is -0.124. The monoisotopic (exact) mass is 221 g/mol. The SMILES string of the molecule is CC(C(=O)NN)n1c2c(ccc1=O)CCC2. The molecule has 0 fully saturated rings. The van der Waals surface area contributed by atoms with Crippen molar-refractivity contribution < 1.29 is 4.79 Å². The van der Waals surface area contributed by atoms with E-state index in [1.54, 1.807) is 11.5 Å². The van der Waals surface area contributed by atoms with Gasteiger partial charge in [-0.1, -0.05) is 6.07 Å². The number of aryl methyl sites for hydroxylation is 1. The second kappa shape index (κ2) is 4.09. The summed E-state index contributed by atoms with van der Waals surface area (Å²) < 4.78 is 1.55. The molecule has 1 aromatic rings. The fraction of sp³-hybridized carbons (Fsp3) is 0.455. The number of hydrazine groups is 1. The van der Waals surface area contributed by atoms with Crippen molar-refractivity contribution in [1.82, 2.24) is 9.99 Å². The molecule has 0 saturated carbocycles. The lowest BCUT2D eigenvalue weighted by atomic mass is 10.2. The van der Waals surface area contributed by atoms with E-state index in [4.69, 9.17) is 5.84 Å². The minimum atomic E-state index is -0.550. The molecule has 0 radical (unpaired) electrons. The number of hydrogen-bond donors (Lipinski definition) is 2. The average molecular weight is 221 g/mol. The van der Waals surface area contributed by atoms with Gasteiger partial charge in [0.25, 0.3) is 11.5 Å². The number of amides is 1. The summed E-state index contributed by atoms with van der Waals surface area (Å²) in [6.45, 7) is 1.68. The summed E-state index contributed by atoms with van der Waals surface area (Å²) in [6.07, 6.45) is 2.87. The molecule has 1 aliphatic carbocycles. The largest absolute Gasteiger partial charge is 0.300 e. The van der Waals surface area contributed by atoms with Crippen molar-refractivity contribution in [3.8, 4) is 0 Å². The first-order valence-corrected chi connectivity index (χ1v) is 5.39. The normalized spacial score (nSPS) is 15.6. The molecule has 1 heterocycles. The van der Waals surface area contributed by atoms with Gasteiger partial charge in [0.15, 0.2) is 0 Å². The molecule has 1 aromatic heterocycles. The molecule has 3 N–H and O–H groups in total. The minimum absolute atomic E-state index is 0.142. The van der Waals surface area contributed by atoms with Gasteiger partial charge in [-0.2, -0.15) is 0 Å². The summed E-state index contributed by atoms with van der Waals surface area (Å²) in [5, 5.41) is 0. The molecule has 0 aliphatic heterocycles. The van der Waals surface area contributed by atoms with Crippen LogP contribution in [0.15, 0.2) is 16.9 Å². The first-order chi connectivity index (χ1) is 7.65. The summed E-state index contributed by atoms with van der Waals surface area (Å²) in [6, 6.07) is 2.82. The number of aromatic nitrogens is 1. The molecule has 1 amide bonds. The van der Waals surface area contributed by atoms with Gasteiger partial charge < -0.3 is 4.57 Å². The molecule has 16 heavy (non-hydrogen) atoms. The Balaban J connectivity index is 2.52. The molecular formula is C11H15N3O2. The van der Waals surface area contributed by atoms with Crippen molar-refractivity contribution >= 4 is 5.91 Å². The van der Waals surface area contributed by atoms with Crippen molar-refractivity contribution in [2.75, 3.05) is 0 Å². The first kappa shape index (κ1) is 10.9. The van der Waals surface area contributed by atoms with Crippen LogP contribution >= 0.6 is 0 Å². The van der Waals surface area contributed by atoms with Crippen LogP contribution in [0.25, 0.3) is 0 Å². The molecule has 1 aliphatic rings. The number of carbonyl (C=O) groups excluding carboxylic acids is 1. The Morgan fingerprint density at radius 3 is 2.94 bits per heavy atom. The molecule has 1 atom stereocenters. The maximum absolute atomic E-state index is 11.8. The zero-order valence-corrected chi connectivity index (χ0v) is 9.19. The molecular weight excluding hydrogens is 206 g/mol. The van der Waals surface area contributed by atoms with Gasteiger partial charge in [-0.15, -0.1) is 0 Å². The highest BCUT2D eigenvalue weighted by Gasteiger charge is 2.22. The lowest BCUT2D eigenvalue weighted by Crippen LogP contribution is -2.40. The highest BCUT2D eigenvalue weighted by Crippen LogP contribution is 2.22. The van der Waals surface area contributed by atoms with Crippen LogP contribution < -0.4 is 16.8 Å². The minimum Gasteiger partial charge on any atom is -0.300 e. The van der Waals surface area contributed by atoms with Crippen LogP contribution in [-0.4, -0.2) is 10.5 Å². The quantitative estimate of drug-likeness (QED) is 0.415. The molecule has 2 rings (SSSR count). The smallest absolute Gasteiger partial charge is 0.256 e. The Morgan fingerprint density at radius 1 is 1.50 bits per heavy atom. The number of hydrogen-bond acceptors (Lipinski definition) is 3. The standard InChI is InChI=1S/C11H15N3O2/c1-7(11(16)13-12)14-9-4-2-3-8(9)5-6-10(14)15/h5-7H,2-4,12H2,1H3,(H,13,16). The molecule has 86 valence electrons. The second-order valence-electron chi connectivity index (χ2n) is 4.05. The third-order valence-corrected chi connectivity index (χ3v) is 3.09. The molecule has 0 spiro atoms. The molecule has 1 unspecified atom stereocenters. The zero-order chi connectivity index (χ0) is 11.7. The van der Waals surface area contributed by atoms with E-state index < -0.39 is 6.04 Å². The number of nitrogens with one attached hydrogen (secondary N) is 1. The van der Waals surface area contributed by atoms with Crippen LogP contribution in [0, 0.1) is 0 Å². The number of fused-ring (bicyclic) bond motifs is 1. The van der Waals surface area contributed by atoms with Crippen molar-refractivity contribution in [1.29, 1.82) is 0 Å². The van der Waals surface area contributed by atoms with E-state index >= 15 is 0 Å². The Morgan fingerprint density at radius 2 is 2.25 bits per heavy atom. The number of rotatable bonds is 2. The Bertz CT molecular complexity index is 479. The third kappa shape index (κ3) is 1.63. The summed E-state index contributed by atoms with van der Waals surface area (Å²) in [4.78, 5) is 23.3. The summed E-state index contributed by atoms with van der Waals surface area (Å²) >= 11 is 0. The van der Waals surface area contributed by atoms with Crippen LogP contribution in [0.3, 0.4) is 0 Å². The van der Waals surface area contributed by atoms with E-state index in [-0.39, 0.29) is 11.5 Å². The summed E-state index contributed by atoms with van der Waals surface area (Å²) in [5.41, 5.74) is 4.08. The third-order valence-electron chi connectivity index (χ3n) is 3.09. The van der Waals surface area contributed by atoms with E-state index in [2.05, 4.69) is 5.43 Å². The van der Waals surface area contributed by atoms with E-state index in [0.717, 1.165) is 30.5 Å². The molecule has 5 nitrogen and oxygen atoms in total. The van der Waals surface area contributed by atoms with Gasteiger partial charge in [0.2, 0.25) is 0 Å². The molecule has 0 saturated heterocycles. The zero-order valence-electron chi connectivity index (χ0n) is 9.19. The van der Waals surface area contributed by atoms with Gasteiger partial charge in [0.05, 0.1) is 0 Å². The van der Waals surface area contributed by atoms with Gasteiger partial charge in [0.1, 0.15) is 6.04 Å². The van der Waals surface area contributed by atoms with Crippen LogP contribution in [0.5, 0.6) is 0 Å².